The van der Waals surface area contributed by atoms with Crippen LogP contribution < -0.4 is 21.4 Å². The number of halogens is 1. The fraction of sp³-hybridized carbons (Fsp3) is 0.250. The Morgan fingerprint density at radius 2 is 2.00 bits per heavy atom. The molecule has 1 unspecified atom stereocenters. The van der Waals surface area contributed by atoms with Crippen LogP contribution in [0.25, 0.3) is 38.6 Å². The summed E-state index contributed by atoms with van der Waals surface area (Å²) in [5, 5.41) is 9.44. The van der Waals surface area contributed by atoms with Crippen molar-refractivity contribution in [2.45, 2.75) is 19.4 Å². The summed E-state index contributed by atoms with van der Waals surface area (Å²) in [6, 6.07) is 10.3. The van der Waals surface area contributed by atoms with Crippen molar-refractivity contribution in [3.63, 3.8) is 0 Å². The second kappa shape index (κ2) is 11.2. The van der Waals surface area contributed by atoms with Crippen molar-refractivity contribution in [2.24, 2.45) is 5.92 Å². The molecule has 12 nitrogen and oxygen atoms in total. The number of nitrogens with one attached hydrogen (secondary N) is 1. The van der Waals surface area contributed by atoms with Crippen molar-refractivity contribution >= 4 is 45.6 Å². The summed E-state index contributed by atoms with van der Waals surface area (Å²) < 4.78 is 27.1. The standard InChI is InChI=1S/C32H28FN7O5/c1-17(40-30-26(29(34)36-15-37-30)27(38-40)19-10-21(33)12-22(11-19)44-16-41)28-25(23-4-2-3-5-24(23)32(43)45-28)18-6-8-39(9-7-18)31(42)20-13-35-14-20/h2-6,10-12,15-17,20,35H,7-9,13-14H2,1H3,(H2,34,36,37). The lowest BCUT2D eigenvalue weighted by Crippen LogP contribution is -2.52. The number of rotatable bonds is 7. The lowest BCUT2D eigenvalue weighted by Gasteiger charge is -2.34. The van der Waals surface area contributed by atoms with E-state index in [4.69, 9.17) is 20.0 Å². The van der Waals surface area contributed by atoms with Crippen molar-refractivity contribution in [3.05, 3.63) is 82.4 Å². The lowest BCUT2D eigenvalue weighted by molar-refractivity contribution is -0.136. The van der Waals surface area contributed by atoms with Gasteiger partial charge < -0.3 is 25.1 Å². The van der Waals surface area contributed by atoms with Crippen molar-refractivity contribution in [1.82, 2.24) is 30.0 Å². The highest BCUT2D eigenvalue weighted by Crippen LogP contribution is 2.39. The summed E-state index contributed by atoms with van der Waals surface area (Å²) in [5.41, 5.74) is 8.35. The van der Waals surface area contributed by atoms with Crippen molar-refractivity contribution in [2.75, 3.05) is 31.9 Å². The molecule has 45 heavy (non-hydrogen) atoms. The van der Waals surface area contributed by atoms with Gasteiger partial charge in [0.15, 0.2) is 5.65 Å². The second-order valence-electron chi connectivity index (χ2n) is 11.1. The number of aromatic nitrogens is 4. The fourth-order valence-electron chi connectivity index (χ4n) is 6.06. The maximum Gasteiger partial charge on any atom is 0.343 e. The van der Waals surface area contributed by atoms with Gasteiger partial charge in [-0.1, -0.05) is 24.3 Å². The molecule has 1 fully saturated rings. The van der Waals surface area contributed by atoms with Crippen LogP contribution in [0.2, 0.25) is 0 Å². The quantitative estimate of drug-likeness (QED) is 0.262. The Balaban J connectivity index is 1.38. The number of benzene rings is 2. The van der Waals surface area contributed by atoms with E-state index in [0.29, 0.717) is 54.8 Å². The SMILES string of the molecule is CC(c1oc(=O)c2ccccc2c1C1=CCN(C(=O)C2CNC2)CC1)n1nc(-c2cc(F)cc(OC=O)c2)c2c(N)ncnc21. The Hall–Kier alpha value is -5.43. The van der Waals surface area contributed by atoms with Gasteiger partial charge in [0.05, 0.1) is 16.7 Å². The number of nitrogen functional groups attached to an aromatic ring is 1. The molecule has 0 saturated carbocycles. The van der Waals surface area contributed by atoms with Crippen LogP contribution >= 0.6 is 0 Å². The molecule has 0 bridgehead atoms. The molecule has 3 N–H and O–H groups in total. The predicted molar refractivity (Wildman–Crippen MR) is 164 cm³/mol. The van der Waals surface area contributed by atoms with Crippen molar-refractivity contribution < 1.29 is 23.1 Å². The first-order chi connectivity index (χ1) is 21.8. The molecule has 0 radical (unpaired) electrons. The molecule has 2 aromatic carbocycles. The van der Waals surface area contributed by atoms with E-state index >= 15 is 0 Å². The highest BCUT2D eigenvalue weighted by Gasteiger charge is 2.32. The number of anilines is 1. The van der Waals surface area contributed by atoms with E-state index in [1.165, 1.54) is 18.5 Å². The van der Waals surface area contributed by atoms with Gasteiger partial charge in [0.1, 0.15) is 41.2 Å². The van der Waals surface area contributed by atoms with Crippen LogP contribution in [-0.4, -0.2) is 63.2 Å². The summed E-state index contributed by atoms with van der Waals surface area (Å²) >= 11 is 0. The van der Waals surface area contributed by atoms with E-state index in [2.05, 4.69) is 15.3 Å². The monoisotopic (exact) mass is 609 g/mol. The van der Waals surface area contributed by atoms with E-state index in [-0.39, 0.29) is 41.1 Å². The van der Waals surface area contributed by atoms with Gasteiger partial charge in [-0.3, -0.25) is 9.59 Å². The van der Waals surface area contributed by atoms with Gasteiger partial charge >= 0.3 is 5.63 Å². The minimum absolute atomic E-state index is 0.00185. The molecule has 2 aliphatic rings. The molecule has 5 heterocycles. The van der Waals surface area contributed by atoms with Crippen LogP contribution in [0, 0.1) is 11.7 Å². The average Bonchev–Trinajstić information content (AvgIpc) is 3.41. The Bertz CT molecular complexity index is 2080. The average molecular weight is 610 g/mol. The largest absolute Gasteiger partial charge is 0.429 e. The molecule has 7 rings (SSSR count). The number of carbonyl (C=O) groups is 2. The van der Waals surface area contributed by atoms with Crippen LogP contribution in [0.4, 0.5) is 10.2 Å². The Labute approximate surface area is 255 Å². The predicted octanol–water partition coefficient (Wildman–Crippen LogP) is 3.30. The van der Waals surface area contributed by atoms with E-state index < -0.39 is 17.5 Å². The van der Waals surface area contributed by atoms with Gasteiger partial charge in [0.2, 0.25) is 5.91 Å². The number of hydrogen-bond acceptors (Lipinski definition) is 10. The van der Waals surface area contributed by atoms with E-state index in [1.807, 2.05) is 30.0 Å². The van der Waals surface area contributed by atoms with E-state index in [0.717, 1.165) is 22.6 Å². The number of fused-ring (bicyclic) bond motifs is 2. The third-order valence-corrected chi connectivity index (χ3v) is 8.43. The highest BCUT2D eigenvalue weighted by atomic mass is 19.1. The molecule has 5 aromatic rings. The molecular formula is C32H28FN7O5. The minimum atomic E-state index is -0.691. The minimum Gasteiger partial charge on any atom is -0.429 e. The summed E-state index contributed by atoms with van der Waals surface area (Å²) in [4.78, 5) is 47.6. The first kappa shape index (κ1) is 28.3. The maximum atomic E-state index is 14.6. The van der Waals surface area contributed by atoms with Crippen LogP contribution in [0.15, 0.2) is 64.1 Å². The molecule has 1 atom stereocenters. The Morgan fingerprint density at radius 1 is 1.20 bits per heavy atom. The Morgan fingerprint density at radius 3 is 2.71 bits per heavy atom. The third kappa shape index (κ3) is 4.90. The normalized spacial score (nSPS) is 16.0. The zero-order chi connectivity index (χ0) is 31.2. The zero-order valence-electron chi connectivity index (χ0n) is 24.2. The van der Waals surface area contributed by atoms with Crippen LogP contribution in [0.5, 0.6) is 5.75 Å². The third-order valence-electron chi connectivity index (χ3n) is 8.43. The summed E-state index contributed by atoms with van der Waals surface area (Å²) in [6.07, 6.45) is 3.87. The smallest absolute Gasteiger partial charge is 0.343 e. The van der Waals surface area contributed by atoms with E-state index in [1.54, 1.807) is 16.8 Å². The molecule has 0 spiro atoms. The molecule has 1 amide bonds. The highest BCUT2D eigenvalue weighted by molar-refractivity contribution is 5.99. The van der Waals surface area contributed by atoms with Crippen LogP contribution in [0.1, 0.15) is 30.7 Å². The Kier molecular flexibility index (Phi) is 7.09. The number of carbonyl (C=O) groups excluding carboxylic acids is 2. The topological polar surface area (TPSA) is 158 Å². The zero-order valence-corrected chi connectivity index (χ0v) is 24.2. The first-order valence-electron chi connectivity index (χ1n) is 14.5. The lowest BCUT2D eigenvalue weighted by atomic mass is 9.91. The maximum absolute atomic E-state index is 14.6. The van der Waals surface area contributed by atoms with Gasteiger partial charge in [-0.15, -0.1) is 0 Å². The molecule has 0 aliphatic carbocycles. The summed E-state index contributed by atoms with van der Waals surface area (Å²) in [5.74, 6) is -0.0682. The van der Waals surface area contributed by atoms with E-state index in [9.17, 15) is 18.8 Å². The molecule has 2 aliphatic heterocycles. The molecule has 1 saturated heterocycles. The van der Waals surface area contributed by atoms with Gasteiger partial charge in [-0.2, -0.15) is 5.10 Å². The molecule has 13 heteroatoms. The van der Waals surface area contributed by atoms with Crippen molar-refractivity contribution in [3.8, 4) is 17.0 Å². The van der Waals surface area contributed by atoms with Crippen LogP contribution in [-0.2, 0) is 9.59 Å². The number of hydrogen-bond donors (Lipinski definition) is 2. The fourth-order valence-corrected chi connectivity index (χ4v) is 6.06. The number of ether oxygens (including phenoxy) is 1. The van der Waals surface area contributed by atoms with Crippen LogP contribution in [0.3, 0.4) is 0 Å². The summed E-state index contributed by atoms with van der Waals surface area (Å²) in [7, 11) is 0. The number of nitrogens with two attached hydrogens (primary N) is 1. The van der Waals surface area contributed by atoms with Gasteiger partial charge in [0.25, 0.3) is 6.47 Å². The first-order valence-corrected chi connectivity index (χ1v) is 14.5. The van der Waals surface area contributed by atoms with Gasteiger partial charge in [-0.25, -0.2) is 23.8 Å². The number of amides is 1. The number of nitrogens with zero attached hydrogens (tertiary/aromatic N) is 5. The van der Waals surface area contributed by atoms with Crippen molar-refractivity contribution in [1.29, 1.82) is 0 Å². The molecule has 3 aromatic heterocycles. The van der Waals surface area contributed by atoms with Gasteiger partial charge in [0, 0.05) is 43.4 Å². The second-order valence-corrected chi connectivity index (χ2v) is 11.1. The van der Waals surface area contributed by atoms with Gasteiger partial charge in [-0.05, 0) is 42.5 Å². The molecule has 228 valence electrons. The molecular weight excluding hydrogens is 581 g/mol. The summed E-state index contributed by atoms with van der Waals surface area (Å²) in [6.45, 7) is 4.38.